The number of hydrogen-bond donors (Lipinski definition) is 0. The SMILES string of the molecule is C=CCn1c[nH+]c2c(c1=O)c1nc3ccccc3nc1n2N=Cc1cc(OC)c(OC)c(OC)c1. The van der Waals surface area contributed by atoms with Crippen molar-refractivity contribution in [3.8, 4) is 17.2 Å². The molecule has 176 valence electrons. The molecule has 0 bridgehead atoms. The van der Waals surface area contributed by atoms with Gasteiger partial charge in [-0.05, 0) is 24.3 Å². The minimum atomic E-state index is -0.213. The van der Waals surface area contributed by atoms with Gasteiger partial charge in [-0.15, -0.1) is 9.78 Å². The summed E-state index contributed by atoms with van der Waals surface area (Å²) in [5.74, 6) is 1.48. The van der Waals surface area contributed by atoms with Crippen LogP contribution in [0.15, 0.2) is 65.3 Å². The number of ether oxygens (including phenoxy) is 3. The van der Waals surface area contributed by atoms with E-state index in [2.05, 4.69) is 16.7 Å². The Hall–Kier alpha value is -4.73. The van der Waals surface area contributed by atoms with Crippen LogP contribution in [0.2, 0.25) is 0 Å². The summed E-state index contributed by atoms with van der Waals surface area (Å²) in [6.07, 6.45) is 4.88. The molecular weight excluding hydrogens is 448 g/mol. The second kappa shape index (κ2) is 8.90. The zero-order valence-corrected chi connectivity index (χ0v) is 19.5. The Morgan fingerprint density at radius 3 is 2.37 bits per heavy atom. The molecule has 10 heteroatoms. The van der Waals surface area contributed by atoms with Gasteiger partial charge in [0.2, 0.25) is 11.4 Å². The lowest BCUT2D eigenvalue weighted by Crippen LogP contribution is -2.26. The number of nitrogens with one attached hydrogen (secondary N) is 1. The van der Waals surface area contributed by atoms with Crippen molar-refractivity contribution < 1.29 is 19.2 Å². The number of para-hydroxylation sites is 2. The molecular formula is C25H23N6O4+. The third-order valence-corrected chi connectivity index (χ3v) is 5.61. The first kappa shape index (κ1) is 22.1. The Balaban J connectivity index is 1.78. The van der Waals surface area contributed by atoms with E-state index in [1.54, 1.807) is 56.8 Å². The molecule has 0 unspecified atom stereocenters. The number of benzene rings is 2. The molecule has 0 aliphatic carbocycles. The molecule has 0 atom stereocenters. The molecule has 0 spiro atoms. The molecule has 1 N–H and O–H groups in total. The van der Waals surface area contributed by atoms with E-state index in [1.807, 2.05) is 24.3 Å². The maximum absolute atomic E-state index is 13.3. The maximum Gasteiger partial charge on any atom is 0.323 e. The fraction of sp³-hybridized carbons (Fsp3) is 0.160. The van der Waals surface area contributed by atoms with Gasteiger partial charge in [0.25, 0.3) is 5.65 Å². The lowest BCUT2D eigenvalue weighted by Gasteiger charge is -2.12. The van der Waals surface area contributed by atoms with Crippen LogP contribution >= 0.6 is 0 Å². The van der Waals surface area contributed by atoms with Crippen molar-refractivity contribution in [2.45, 2.75) is 6.54 Å². The molecule has 0 radical (unpaired) electrons. The Labute approximate surface area is 199 Å². The summed E-state index contributed by atoms with van der Waals surface area (Å²) in [5, 5.41) is 5.05. The molecule has 0 fully saturated rings. The first-order chi connectivity index (χ1) is 17.1. The van der Waals surface area contributed by atoms with E-state index >= 15 is 0 Å². The van der Waals surface area contributed by atoms with Gasteiger partial charge in [-0.3, -0.25) is 0 Å². The van der Waals surface area contributed by atoms with Gasteiger partial charge in [-0.25, -0.2) is 24.3 Å². The second-order valence-electron chi connectivity index (χ2n) is 7.64. The van der Waals surface area contributed by atoms with E-state index in [1.165, 1.54) is 4.57 Å². The lowest BCUT2D eigenvalue weighted by atomic mass is 10.2. The summed E-state index contributed by atoms with van der Waals surface area (Å²) in [6.45, 7) is 4.08. The maximum atomic E-state index is 13.3. The summed E-state index contributed by atoms with van der Waals surface area (Å²) in [6, 6.07) is 11.1. The predicted octanol–water partition coefficient (Wildman–Crippen LogP) is 2.81. The van der Waals surface area contributed by atoms with Gasteiger partial charge in [0.05, 0.1) is 45.1 Å². The minimum Gasteiger partial charge on any atom is -0.493 e. The Bertz CT molecular complexity index is 1660. The normalized spacial score (nSPS) is 11.5. The number of H-pyrrole nitrogens is 1. The quantitative estimate of drug-likeness (QED) is 0.267. The van der Waals surface area contributed by atoms with Gasteiger partial charge in [0.1, 0.15) is 5.52 Å². The molecule has 5 aromatic rings. The van der Waals surface area contributed by atoms with Crippen molar-refractivity contribution in [1.82, 2.24) is 19.2 Å². The van der Waals surface area contributed by atoms with Crippen molar-refractivity contribution in [1.29, 1.82) is 0 Å². The van der Waals surface area contributed by atoms with Gasteiger partial charge in [-0.2, -0.15) is 0 Å². The van der Waals surface area contributed by atoms with Crippen LogP contribution in [0.3, 0.4) is 0 Å². The van der Waals surface area contributed by atoms with Crippen LogP contribution in [0.4, 0.5) is 0 Å². The number of aromatic amines is 1. The zero-order chi connectivity index (χ0) is 24.5. The van der Waals surface area contributed by atoms with Crippen LogP contribution in [-0.2, 0) is 6.54 Å². The highest BCUT2D eigenvalue weighted by Gasteiger charge is 2.24. The zero-order valence-electron chi connectivity index (χ0n) is 19.5. The van der Waals surface area contributed by atoms with Crippen molar-refractivity contribution in [3.63, 3.8) is 0 Å². The number of methoxy groups -OCH3 is 3. The predicted molar refractivity (Wildman–Crippen MR) is 133 cm³/mol. The van der Waals surface area contributed by atoms with Crippen LogP contribution in [0, 0.1) is 0 Å². The van der Waals surface area contributed by atoms with E-state index in [4.69, 9.17) is 24.2 Å². The van der Waals surface area contributed by atoms with Crippen molar-refractivity contribution in [2.75, 3.05) is 21.3 Å². The van der Waals surface area contributed by atoms with Crippen LogP contribution in [0.1, 0.15) is 5.56 Å². The van der Waals surface area contributed by atoms with Crippen LogP contribution < -0.4 is 24.8 Å². The Kier molecular flexibility index (Phi) is 5.61. The number of rotatable bonds is 7. The number of nitrogens with zero attached hydrogens (tertiary/aromatic N) is 5. The summed E-state index contributed by atoms with van der Waals surface area (Å²) in [7, 11) is 4.65. The summed E-state index contributed by atoms with van der Waals surface area (Å²) in [5.41, 5.74) is 3.25. The summed E-state index contributed by atoms with van der Waals surface area (Å²) in [4.78, 5) is 26.0. The summed E-state index contributed by atoms with van der Waals surface area (Å²) >= 11 is 0. The van der Waals surface area contributed by atoms with Gasteiger partial charge in [0.15, 0.2) is 23.2 Å². The highest BCUT2D eigenvalue weighted by atomic mass is 16.5. The van der Waals surface area contributed by atoms with Gasteiger partial charge in [-0.1, -0.05) is 24.8 Å². The second-order valence-corrected chi connectivity index (χ2v) is 7.64. The molecule has 0 amide bonds. The molecule has 0 aliphatic rings. The number of hydrogen-bond acceptors (Lipinski definition) is 7. The molecule has 3 aromatic heterocycles. The van der Waals surface area contributed by atoms with Crippen LogP contribution in [0.5, 0.6) is 17.2 Å². The van der Waals surface area contributed by atoms with Crippen molar-refractivity contribution >= 4 is 39.4 Å². The number of aromatic nitrogens is 5. The Morgan fingerprint density at radius 2 is 1.74 bits per heavy atom. The van der Waals surface area contributed by atoms with Crippen molar-refractivity contribution in [3.05, 3.63) is 71.3 Å². The third-order valence-electron chi connectivity index (χ3n) is 5.61. The Morgan fingerprint density at radius 1 is 1.06 bits per heavy atom. The number of fused-ring (bicyclic) bond motifs is 4. The first-order valence-corrected chi connectivity index (χ1v) is 10.8. The van der Waals surface area contributed by atoms with Crippen LogP contribution in [-0.4, -0.2) is 46.8 Å². The van der Waals surface area contributed by atoms with E-state index in [9.17, 15) is 4.79 Å². The van der Waals surface area contributed by atoms with E-state index in [0.29, 0.717) is 62.6 Å². The van der Waals surface area contributed by atoms with Gasteiger partial charge in [0, 0.05) is 5.56 Å². The standard InChI is InChI=1S/C25H22N6O4/c1-5-10-30-14-26-23-20(25(30)32)21-24(29-17-9-7-6-8-16(17)28-21)31(23)27-13-15-11-18(33-2)22(35-4)19(12-15)34-3/h5-9,11-14H,1,10H2,2-4H3/p+1. The van der Waals surface area contributed by atoms with E-state index in [-0.39, 0.29) is 5.56 Å². The molecule has 3 heterocycles. The fourth-order valence-corrected chi connectivity index (χ4v) is 3.99. The smallest absolute Gasteiger partial charge is 0.323 e. The van der Waals surface area contributed by atoms with Crippen molar-refractivity contribution in [2.24, 2.45) is 5.10 Å². The molecule has 0 saturated carbocycles. The molecule has 10 nitrogen and oxygen atoms in total. The summed E-state index contributed by atoms with van der Waals surface area (Å²) < 4.78 is 19.4. The molecule has 0 saturated heterocycles. The molecule has 0 aliphatic heterocycles. The molecule has 2 aromatic carbocycles. The third kappa shape index (κ3) is 3.65. The highest BCUT2D eigenvalue weighted by molar-refractivity contribution is 6.03. The molecule has 35 heavy (non-hydrogen) atoms. The average molecular weight is 471 g/mol. The van der Waals surface area contributed by atoms with E-state index < -0.39 is 0 Å². The van der Waals surface area contributed by atoms with Crippen LogP contribution in [0.25, 0.3) is 33.2 Å². The topological polar surface area (TPSA) is 107 Å². The lowest BCUT2D eigenvalue weighted by molar-refractivity contribution is -0.357. The van der Waals surface area contributed by atoms with E-state index in [0.717, 1.165) is 0 Å². The largest absolute Gasteiger partial charge is 0.493 e. The van der Waals surface area contributed by atoms with Gasteiger partial charge >= 0.3 is 5.56 Å². The highest BCUT2D eigenvalue weighted by Crippen LogP contribution is 2.37. The first-order valence-electron chi connectivity index (χ1n) is 10.8. The monoisotopic (exact) mass is 471 g/mol. The van der Waals surface area contributed by atoms with Gasteiger partial charge < -0.3 is 14.2 Å². The fourth-order valence-electron chi connectivity index (χ4n) is 3.99. The number of allylic oxidation sites excluding steroid dienone is 1. The molecule has 5 rings (SSSR count). The average Bonchev–Trinajstić information content (AvgIpc) is 3.19. The minimum absolute atomic E-state index is 0.213.